The molecule has 112 valence electrons. The predicted molar refractivity (Wildman–Crippen MR) is 83.8 cm³/mol. The molecular weight excluding hydrogens is 334 g/mol. The van der Waals surface area contributed by atoms with E-state index in [-0.39, 0.29) is 0 Å². The van der Waals surface area contributed by atoms with Crippen molar-refractivity contribution in [3.05, 3.63) is 46.3 Å². The highest BCUT2D eigenvalue weighted by molar-refractivity contribution is 9.10. The average molecular weight is 352 g/mol. The molecule has 0 saturated heterocycles. The monoisotopic (exact) mass is 351 g/mol. The maximum Gasteiger partial charge on any atom is 0.175 e. The summed E-state index contributed by atoms with van der Waals surface area (Å²) in [4.78, 5) is 0. The van der Waals surface area contributed by atoms with Crippen LogP contribution in [0.2, 0.25) is 0 Å². The van der Waals surface area contributed by atoms with Crippen LogP contribution in [0.3, 0.4) is 0 Å². The molecule has 2 heterocycles. The van der Waals surface area contributed by atoms with Crippen LogP contribution in [0.15, 0.2) is 39.4 Å². The minimum atomic E-state index is 0.336. The summed E-state index contributed by atoms with van der Waals surface area (Å²) in [6, 6.07) is 8.35. The van der Waals surface area contributed by atoms with Crippen LogP contribution in [-0.4, -0.2) is 19.3 Å². The first kappa shape index (κ1) is 14.5. The Labute approximate surface area is 132 Å². The summed E-state index contributed by atoms with van der Waals surface area (Å²) < 4.78 is 17.5. The zero-order valence-corrected chi connectivity index (χ0v) is 13.5. The van der Waals surface area contributed by atoms with Crippen LogP contribution in [0.4, 0.5) is 0 Å². The van der Waals surface area contributed by atoms with E-state index in [0.29, 0.717) is 19.3 Å². The highest BCUT2D eigenvalue weighted by Gasteiger charge is 2.16. The number of rotatable bonds is 5. The minimum absolute atomic E-state index is 0.336. The van der Waals surface area contributed by atoms with Gasteiger partial charge in [-0.2, -0.15) is 0 Å². The number of nitrogens with one attached hydrogen (secondary N) is 1. The maximum absolute atomic E-state index is 5.64. The molecule has 3 rings (SSSR count). The average Bonchev–Trinajstić information content (AvgIpc) is 2.98. The van der Waals surface area contributed by atoms with Crippen LogP contribution >= 0.6 is 15.9 Å². The molecule has 0 radical (unpaired) electrons. The van der Waals surface area contributed by atoms with Crippen LogP contribution in [-0.2, 0) is 13.0 Å². The van der Waals surface area contributed by atoms with Gasteiger partial charge in [0.25, 0.3) is 0 Å². The molecule has 1 aliphatic heterocycles. The highest BCUT2D eigenvalue weighted by Crippen LogP contribution is 2.38. The van der Waals surface area contributed by atoms with Crippen molar-refractivity contribution in [1.29, 1.82) is 0 Å². The number of fused-ring (bicyclic) bond motifs is 1. The van der Waals surface area contributed by atoms with Gasteiger partial charge in [-0.05, 0) is 52.7 Å². The van der Waals surface area contributed by atoms with Gasteiger partial charge in [0.05, 0.1) is 10.7 Å². The van der Waals surface area contributed by atoms with E-state index in [1.165, 1.54) is 0 Å². The molecule has 21 heavy (non-hydrogen) atoms. The second kappa shape index (κ2) is 6.54. The number of hydrogen-bond donors (Lipinski definition) is 1. The lowest BCUT2D eigenvalue weighted by atomic mass is 10.1. The standard InChI is InChI=1S/C16H18BrNO3/c1-11(7-13-3-2-4-19-13)18-10-12-8-14(17)16-15(9-12)20-5-6-21-16/h2-4,8-9,11,18H,5-7,10H2,1H3. The Bertz CT molecular complexity index is 598. The number of ether oxygens (including phenoxy) is 2. The van der Waals surface area contributed by atoms with Crippen LogP contribution in [0.1, 0.15) is 18.2 Å². The quantitative estimate of drug-likeness (QED) is 0.894. The number of hydrogen-bond acceptors (Lipinski definition) is 4. The SMILES string of the molecule is CC(Cc1ccco1)NCc1cc(Br)c2c(c1)OCCO2. The summed E-state index contributed by atoms with van der Waals surface area (Å²) in [5.41, 5.74) is 1.16. The first-order chi connectivity index (χ1) is 10.2. The lowest BCUT2D eigenvalue weighted by molar-refractivity contribution is 0.170. The molecule has 2 aromatic rings. The summed E-state index contributed by atoms with van der Waals surface area (Å²) in [6.07, 6.45) is 2.58. The Morgan fingerprint density at radius 1 is 1.29 bits per heavy atom. The van der Waals surface area contributed by atoms with Gasteiger partial charge in [0.15, 0.2) is 11.5 Å². The molecule has 0 aliphatic carbocycles. The maximum atomic E-state index is 5.64. The first-order valence-electron chi connectivity index (χ1n) is 7.06. The summed E-state index contributed by atoms with van der Waals surface area (Å²) >= 11 is 3.54. The molecule has 0 bridgehead atoms. The van der Waals surface area contributed by atoms with Crippen molar-refractivity contribution in [2.24, 2.45) is 0 Å². The Morgan fingerprint density at radius 3 is 2.95 bits per heavy atom. The van der Waals surface area contributed by atoms with E-state index in [1.807, 2.05) is 18.2 Å². The second-order valence-electron chi connectivity index (χ2n) is 5.17. The van der Waals surface area contributed by atoms with E-state index in [4.69, 9.17) is 13.9 Å². The van der Waals surface area contributed by atoms with Crippen molar-refractivity contribution in [2.75, 3.05) is 13.2 Å². The Morgan fingerprint density at radius 2 is 2.14 bits per heavy atom. The zero-order valence-electron chi connectivity index (χ0n) is 11.9. The van der Waals surface area contributed by atoms with Crippen LogP contribution in [0.5, 0.6) is 11.5 Å². The molecule has 5 heteroatoms. The predicted octanol–water partition coefficient (Wildman–Crippen LogP) is 3.53. The van der Waals surface area contributed by atoms with Gasteiger partial charge < -0.3 is 19.2 Å². The number of halogens is 1. The molecule has 1 aromatic carbocycles. The van der Waals surface area contributed by atoms with Gasteiger partial charge in [0.1, 0.15) is 19.0 Å². The topological polar surface area (TPSA) is 43.6 Å². The highest BCUT2D eigenvalue weighted by atomic mass is 79.9. The minimum Gasteiger partial charge on any atom is -0.486 e. The van der Waals surface area contributed by atoms with Gasteiger partial charge in [-0.1, -0.05) is 0 Å². The van der Waals surface area contributed by atoms with Crippen LogP contribution < -0.4 is 14.8 Å². The molecule has 0 amide bonds. The fourth-order valence-electron chi connectivity index (χ4n) is 2.36. The van der Waals surface area contributed by atoms with E-state index in [1.54, 1.807) is 6.26 Å². The molecular formula is C16H18BrNO3. The van der Waals surface area contributed by atoms with Crippen LogP contribution in [0.25, 0.3) is 0 Å². The molecule has 1 N–H and O–H groups in total. The molecule has 0 saturated carbocycles. The Hall–Kier alpha value is -1.46. The molecule has 1 aliphatic rings. The van der Waals surface area contributed by atoms with Crippen molar-refractivity contribution in [3.63, 3.8) is 0 Å². The van der Waals surface area contributed by atoms with E-state index in [9.17, 15) is 0 Å². The lowest BCUT2D eigenvalue weighted by Gasteiger charge is -2.21. The van der Waals surface area contributed by atoms with Gasteiger partial charge in [0.2, 0.25) is 0 Å². The lowest BCUT2D eigenvalue weighted by Crippen LogP contribution is -2.27. The van der Waals surface area contributed by atoms with Crippen molar-refractivity contribution in [2.45, 2.75) is 25.9 Å². The largest absolute Gasteiger partial charge is 0.486 e. The molecule has 0 spiro atoms. The smallest absolute Gasteiger partial charge is 0.175 e. The summed E-state index contributed by atoms with van der Waals surface area (Å²) in [5.74, 6) is 2.61. The zero-order chi connectivity index (χ0) is 14.7. The molecule has 1 atom stereocenters. The second-order valence-corrected chi connectivity index (χ2v) is 6.02. The fraction of sp³-hybridized carbons (Fsp3) is 0.375. The van der Waals surface area contributed by atoms with Gasteiger partial charge >= 0.3 is 0 Å². The molecule has 4 nitrogen and oxygen atoms in total. The molecule has 0 fully saturated rings. The normalized spacial score (nSPS) is 15.0. The summed E-state index contributed by atoms with van der Waals surface area (Å²) in [7, 11) is 0. The molecule has 1 aromatic heterocycles. The van der Waals surface area contributed by atoms with Crippen molar-refractivity contribution < 1.29 is 13.9 Å². The third-order valence-electron chi connectivity index (χ3n) is 3.40. The number of benzene rings is 1. The molecule has 1 unspecified atom stereocenters. The Kier molecular flexibility index (Phi) is 4.51. The van der Waals surface area contributed by atoms with E-state index < -0.39 is 0 Å². The third-order valence-corrected chi connectivity index (χ3v) is 3.99. The van der Waals surface area contributed by atoms with Gasteiger partial charge in [-0.15, -0.1) is 0 Å². The van der Waals surface area contributed by atoms with Crippen molar-refractivity contribution in [3.8, 4) is 11.5 Å². The van der Waals surface area contributed by atoms with Crippen molar-refractivity contribution in [1.82, 2.24) is 5.32 Å². The van der Waals surface area contributed by atoms with Crippen molar-refractivity contribution >= 4 is 15.9 Å². The van der Waals surface area contributed by atoms with E-state index >= 15 is 0 Å². The van der Waals surface area contributed by atoms with E-state index in [0.717, 1.165) is 40.3 Å². The summed E-state index contributed by atoms with van der Waals surface area (Å²) in [5, 5.41) is 3.49. The van der Waals surface area contributed by atoms with Gasteiger partial charge in [-0.25, -0.2) is 0 Å². The van der Waals surface area contributed by atoms with Crippen LogP contribution in [0, 0.1) is 0 Å². The fourth-order valence-corrected chi connectivity index (χ4v) is 2.96. The van der Waals surface area contributed by atoms with Gasteiger partial charge in [0, 0.05) is 19.0 Å². The van der Waals surface area contributed by atoms with Gasteiger partial charge in [-0.3, -0.25) is 0 Å². The number of furan rings is 1. The first-order valence-corrected chi connectivity index (χ1v) is 7.85. The van der Waals surface area contributed by atoms with E-state index in [2.05, 4.69) is 34.2 Å². The third kappa shape index (κ3) is 3.60. The Balaban J connectivity index is 1.61. The summed E-state index contributed by atoms with van der Waals surface area (Å²) in [6.45, 7) is 4.13.